The highest BCUT2D eigenvalue weighted by atomic mass is 19.1. The molecule has 0 heterocycles. The van der Waals surface area contributed by atoms with Crippen molar-refractivity contribution < 1.29 is 9.18 Å². The maximum Gasteiger partial charge on any atom is 0.241 e. The number of nitrogens with one attached hydrogen (secondary N) is 1. The summed E-state index contributed by atoms with van der Waals surface area (Å²) < 4.78 is 12.7. The lowest BCUT2D eigenvalue weighted by molar-refractivity contribution is -0.122. The summed E-state index contributed by atoms with van der Waals surface area (Å²) in [5.41, 5.74) is 7.45. The van der Waals surface area contributed by atoms with Gasteiger partial charge in [0.1, 0.15) is 11.9 Å². The van der Waals surface area contributed by atoms with Crippen molar-refractivity contribution in [1.82, 2.24) is 5.32 Å². The fraction of sp³-hybridized carbons (Fsp3) is 0.133. The number of carbonyl (C=O) groups is 1. The van der Waals surface area contributed by atoms with Gasteiger partial charge in [-0.15, -0.1) is 0 Å². The number of rotatable bonds is 4. The molecule has 1 atom stereocenters. The molecule has 1 amide bonds. The molecule has 4 heteroatoms. The average molecular weight is 258 g/mol. The van der Waals surface area contributed by atoms with E-state index in [0.717, 1.165) is 11.1 Å². The van der Waals surface area contributed by atoms with Crippen molar-refractivity contribution >= 4 is 5.91 Å². The van der Waals surface area contributed by atoms with Crippen molar-refractivity contribution in [2.75, 3.05) is 0 Å². The zero-order valence-electron chi connectivity index (χ0n) is 10.3. The maximum atomic E-state index is 12.7. The van der Waals surface area contributed by atoms with Gasteiger partial charge in [0.2, 0.25) is 5.91 Å². The number of halogens is 1. The molecule has 2 rings (SSSR count). The van der Waals surface area contributed by atoms with Gasteiger partial charge in [0.05, 0.1) is 0 Å². The quantitative estimate of drug-likeness (QED) is 0.882. The zero-order chi connectivity index (χ0) is 13.7. The van der Waals surface area contributed by atoms with E-state index in [2.05, 4.69) is 5.32 Å². The minimum absolute atomic E-state index is 0.254. The van der Waals surface area contributed by atoms with Crippen LogP contribution in [0.25, 0.3) is 0 Å². The third-order valence-electron chi connectivity index (χ3n) is 2.82. The Morgan fingerprint density at radius 3 is 2.37 bits per heavy atom. The fourth-order valence-corrected chi connectivity index (χ4v) is 1.71. The first-order valence-corrected chi connectivity index (χ1v) is 5.99. The summed E-state index contributed by atoms with van der Waals surface area (Å²) in [7, 11) is 0. The molecule has 3 N–H and O–H groups in total. The van der Waals surface area contributed by atoms with E-state index in [1.165, 1.54) is 12.1 Å². The van der Waals surface area contributed by atoms with Crippen LogP contribution in [0.15, 0.2) is 54.6 Å². The van der Waals surface area contributed by atoms with E-state index in [0.29, 0.717) is 6.54 Å². The molecule has 3 nitrogen and oxygen atoms in total. The summed E-state index contributed by atoms with van der Waals surface area (Å²) in [5.74, 6) is -0.549. The van der Waals surface area contributed by atoms with Crippen LogP contribution >= 0.6 is 0 Å². The molecular weight excluding hydrogens is 243 g/mol. The van der Waals surface area contributed by atoms with Gasteiger partial charge in [-0.1, -0.05) is 42.5 Å². The molecule has 0 spiro atoms. The summed E-state index contributed by atoms with van der Waals surface area (Å²) in [6, 6.07) is 14.4. The van der Waals surface area contributed by atoms with E-state index in [1.54, 1.807) is 12.1 Å². The first-order valence-electron chi connectivity index (χ1n) is 5.99. The Kier molecular flexibility index (Phi) is 4.26. The van der Waals surface area contributed by atoms with Gasteiger partial charge in [-0.05, 0) is 23.3 Å². The van der Waals surface area contributed by atoms with Crippen molar-refractivity contribution in [3.05, 3.63) is 71.5 Å². The van der Waals surface area contributed by atoms with Crippen LogP contribution in [0, 0.1) is 5.82 Å². The van der Waals surface area contributed by atoms with Crippen molar-refractivity contribution in [1.29, 1.82) is 0 Å². The SMILES string of the molecule is N[C@@H](C(=O)NCc1ccc(F)cc1)c1ccccc1. The number of hydrogen-bond donors (Lipinski definition) is 2. The van der Waals surface area contributed by atoms with E-state index < -0.39 is 6.04 Å². The largest absolute Gasteiger partial charge is 0.350 e. The predicted octanol–water partition coefficient (Wildman–Crippen LogP) is 2.14. The molecule has 0 unspecified atom stereocenters. The first-order chi connectivity index (χ1) is 9.16. The Morgan fingerprint density at radius 1 is 1.11 bits per heavy atom. The summed E-state index contributed by atoms with van der Waals surface area (Å²) in [6.07, 6.45) is 0. The number of amides is 1. The Labute approximate surface area is 111 Å². The van der Waals surface area contributed by atoms with Crippen LogP contribution in [0.2, 0.25) is 0 Å². The van der Waals surface area contributed by atoms with Gasteiger partial charge in [-0.25, -0.2) is 4.39 Å². The molecule has 0 aliphatic rings. The van der Waals surface area contributed by atoms with Crippen molar-refractivity contribution in [2.24, 2.45) is 5.73 Å². The van der Waals surface area contributed by atoms with Crippen molar-refractivity contribution in [2.45, 2.75) is 12.6 Å². The molecule has 0 radical (unpaired) electrons. The number of hydrogen-bond acceptors (Lipinski definition) is 2. The topological polar surface area (TPSA) is 55.1 Å². The molecule has 2 aromatic carbocycles. The Morgan fingerprint density at radius 2 is 1.74 bits per heavy atom. The minimum atomic E-state index is -0.693. The lowest BCUT2D eigenvalue weighted by Gasteiger charge is -2.12. The van der Waals surface area contributed by atoms with E-state index in [-0.39, 0.29) is 11.7 Å². The van der Waals surface area contributed by atoms with E-state index >= 15 is 0 Å². The molecule has 0 aliphatic carbocycles. The predicted molar refractivity (Wildman–Crippen MR) is 71.6 cm³/mol. The molecule has 0 saturated heterocycles. The van der Waals surface area contributed by atoms with Crippen LogP contribution in [-0.2, 0) is 11.3 Å². The summed E-state index contributed by atoms with van der Waals surface area (Å²) in [4.78, 5) is 11.9. The van der Waals surface area contributed by atoms with Crippen LogP contribution in [-0.4, -0.2) is 5.91 Å². The molecule has 0 fully saturated rings. The highest BCUT2D eigenvalue weighted by Gasteiger charge is 2.14. The van der Waals surface area contributed by atoms with Gasteiger partial charge < -0.3 is 11.1 Å². The van der Waals surface area contributed by atoms with Gasteiger partial charge in [0, 0.05) is 6.54 Å². The number of benzene rings is 2. The molecule has 2 aromatic rings. The van der Waals surface area contributed by atoms with Crippen molar-refractivity contribution in [3.63, 3.8) is 0 Å². The van der Waals surface area contributed by atoms with Gasteiger partial charge >= 0.3 is 0 Å². The van der Waals surface area contributed by atoms with Crippen molar-refractivity contribution in [3.8, 4) is 0 Å². The smallest absolute Gasteiger partial charge is 0.241 e. The molecule has 0 saturated carbocycles. The molecule has 0 aliphatic heterocycles. The highest BCUT2D eigenvalue weighted by Crippen LogP contribution is 2.10. The minimum Gasteiger partial charge on any atom is -0.350 e. The van der Waals surface area contributed by atoms with Crippen LogP contribution in [0.5, 0.6) is 0 Å². The van der Waals surface area contributed by atoms with E-state index in [4.69, 9.17) is 5.73 Å². The monoisotopic (exact) mass is 258 g/mol. The first kappa shape index (κ1) is 13.2. The maximum absolute atomic E-state index is 12.7. The molecular formula is C15H15FN2O. The van der Waals surface area contributed by atoms with E-state index in [9.17, 15) is 9.18 Å². The standard InChI is InChI=1S/C15H15FN2O/c16-13-8-6-11(7-9-13)10-18-15(19)14(17)12-4-2-1-3-5-12/h1-9,14H,10,17H2,(H,18,19)/t14-/m1/s1. The molecule has 0 bridgehead atoms. The lowest BCUT2D eigenvalue weighted by Crippen LogP contribution is -2.33. The zero-order valence-corrected chi connectivity index (χ0v) is 10.3. The van der Waals surface area contributed by atoms with E-state index in [1.807, 2.05) is 30.3 Å². The third-order valence-corrected chi connectivity index (χ3v) is 2.82. The Bertz CT molecular complexity index is 540. The second kappa shape index (κ2) is 6.11. The summed E-state index contributed by atoms with van der Waals surface area (Å²) in [5, 5.41) is 2.73. The Hall–Kier alpha value is -2.20. The van der Waals surface area contributed by atoms with Gasteiger partial charge in [-0.3, -0.25) is 4.79 Å². The summed E-state index contributed by atoms with van der Waals surface area (Å²) >= 11 is 0. The number of carbonyl (C=O) groups excluding carboxylic acids is 1. The van der Waals surface area contributed by atoms with Crippen LogP contribution in [0.3, 0.4) is 0 Å². The average Bonchev–Trinajstić information content (AvgIpc) is 2.46. The Balaban J connectivity index is 1.93. The third kappa shape index (κ3) is 3.63. The van der Waals surface area contributed by atoms with Crippen LogP contribution in [0.1, 0.15) is 17.2 Å². The highest BCUT2D eigenvalue weighted by molar-refractivity contribution is 5.82. The van der Waals surface area contributed by atoms with Gasteiger partial charge in [0.15, 0.2) is 0 Å². The molecule has 19 heavy (non-hydrogen) atoms. The fourth-order valence-electron chi connectivity index (χ4n) is 1.71. The number of nitrogens with two attached hydrogens (primary N) is 1. The van der Waals surface area contributed by atoms with Gasteiger partial charge in [-0.2, -0.15) is 0 Å². The second-order valence-electron chi connectivity index (χ2n) is 4.23. The molecule has 98 valence electrons. The summed E-state index contributed by atoms with van der Waals surface area (Å²) in [6.45, 7) is 0.333. The second-order valence-corrected chi connectivity index (χ2v) is 4.23. The lowest BCUT2D eigenvalue weighted by atomic mass is 10.1. The van der Waals surface area contributed by atoms with Gasteiger partial charge in [0.25, 0.3) is 0 Å². The molecule has 0 aromatic heterocycles. The van der Waals surface area contributed by atoms with Crippen LogP contribution < -0.4 is 11.1 Å². The van der Waals surface area contributed by atoms with Crippen LogP contribution in [0.4, 0.5) is 4.39 Å². The normalized spacial score (nSPS) is 11.9.